The molecule has 8 heteroatoms. The molecule has 1 amide bonds. The molecule has 0 spiro atoms. The molecule has 2 aliphatic heterocycles. The van der Waals surface area contributed by atoms with Crippen molar-refractivity contribution in [1.29, 1.82) is 0 Å². The summed E-state index contributed by atoms with van der Waals surface area (Å²) in [5.41, 5.74) is 1.96. The van der Waals surface area contributed by atoms with Crippen LogP contribution in [0, 0.1) is 13.8 Å². The van der Waals surface area contributed by atoms with Crippen molar-refractivity contribution in [2.75, 3.05) is 39.0 Å². The molecular weight excluding hydrogens is 324 g/mol. The molecule has 2 N–H and O–H groups in total. The van der Waals surface area contributed by atoms with Gasteiger partial charge in [-0.15, -0.1) is 0 Å². The van der Waals surface area contributed by atoms with Gasteiger partial charge in [0.1, 0.15) is 6.29 Å². The van der Waals surface area contributed by atoms with E-state index in [-0.39, 0.29) is 18.2 Å². The number of rotatable bonds is 4. The van der Waals surface area contributed by atoms with Crippen LogP contribution in [0.4, 0.5) is 0 Å². The number of piperazine rings is 1. The van der Waals surface area contributed by atoms with Gasteiger partial charge in [0.15, 0.2) is 5.16 Å². The van der Waals surface area contributed by atoms with Crippen LogP contribution in [-0.4, -0.2) is 77.0 Å². The number of aryl methyl sites for hydroxylation is 2. The molecule has 132 valence electrons. The van der Waals surface area contributed by atoms with Crippen molar-refractivity contribution >= 4 is 17.7 Å². The lowest BCUT2D eigenvalue weighted by Gasteiger charge is -2.42. The largest absolute Gasteiger partial charge is 0.328 e. The Labute approximate surface area is 147 Å². The van der Waals surface area contributed by atoms with Crippen molar-refractivity contribution in [2.45, 2.75) is 37.8 Å². The Hall–Kier alpha value is -1.22. The van der Waals surface area contributed by atoms with Gasteiger partial charge in [0.05, 0.1) is 0 Å². The maximum atomic E-state index is 12.1. The molecule has 0 radical (unpaired) electrons. The lowest BCUT2D eigenvalue weighted by atomic mass is 10.2. The maximum absolute atomic E-state index is 12.1. The van der Waals surface area contributed by atoms with E-state index < -0.39 is 0 Å². The van der Waals surface area contributed by atoms with Crippen LogP contribution < -0.4 is 10.6 Å². The normalized spacial score (nSPS) is 26.4. The van der Waals surface area contributed by atoms with Crippen LogP contribution in [0.3, 0.4) is 0 Å². The van der Waals surface area contributed by atoms with Crippen LogP contribution in [0.25, 0.3) is 0 Å². The molecule has 24 heavy (non-hydrogen) atoms. The number of nitrogens with one attached hydrogen (secondary N) is 2. The number of carbonyl (C=O) groups is 1. The molecule has 0 aromatic carbocycles. The topological polar surface area (TPSA) is 73.4 Å². The average Bonchev–Trinajstić information content (AvgIpc) is 2.52. The van der Waals surface area contributed by atoms with E-state index >= 15 is 0 Å². The Bertz CT molecular complexity index is 570. The number of hydrogen-bond acceptors (Lipinski definition) is 7. The summed E-state index contributed by atoms with van der Waals surface area (Å²) in [5, 5.41) is 7.42. The summed E-state index contributed by atoms with van der Waals surface area (Å²) in [7, 11) is 2.13. The SMILES string of the molecule is Cc1cc(C)nc(SCC2CC(=O)NC(N3CCN(C)CC3)N2)n1. The summed E-state index contributed by atoms with van der Waals surface area (Å²) >= 11 is 1.61. The zero-order valence-corrected chi connectivity index (χ0v) is 15.4. The van der Waals surface area contributed by atoms with E-state index in [0.29, 0.717) is 6.42 Å². The fourth-order valence-corrected chi connectivity index (χ4v) is 4.06. The van der Waals surface area contributed by atoms with Crippen LogP contribution in [-0.2, 0) is 4.79 Å². The predicted molar refractivity (Wildman–Crippen MR) is 94.8 cm³/mol. The van der Waals surface area contributed by atoms with Crippen molar-refractivity contribution in [3.8, 4) is 0 Å². The third-order valence-electron chi connectivity index (χ3n) is 4.40. The molecule has 0 saturated carbocycles. The van der Waals surface area contributed by atoms with E-state index in [0.717, 1.165) is 48.5 Å². The monoisotopic (exact) mass is 350 g/mol. The first-order valence-electron chi connectivity index (χ1n) is 8.43. The zero-order chi connectivity index (χ0) is 17.1. The molecule has 2 atom stereocenters. The summed E-state index contributed by atoms with van der Waals surface area (Å²) < 4.78 is 0. The fraction of sp³-hybridized carbons (Fsp3) is 0.688. The molecule has 0 aliphatic carbocycles. The fourth-order valence-electron chi connectivity index (χ4n) is 3.08. The van der Waals surface area contributed by atoms with Crippen molar-refractivity contribution in [2.24, 2.45) is 0 Å². The first-order chi connectivity index (χ1) is 11.5. The van der Waals surface area contributed by atoms with Crippen molar-refractivity contribution < 1.29 is 4.79 Å². The Morgan fingerprint density at radius 3 is 2.54 bits per heavy atom. The van der Waals surface area contributed by atoms with Crippen LogP contribution in [0.1, 0.15) is 17.8 Å². The Balaban J connectivity index is 1.56. The lowest BCUT2D eigenvalue weighted by Crippen LogP contribution is -2.66. The van der Waals surface area contributed by atoms with Crippen molar-refractivity contribution in [3.63, 3.8) is 0 Å². The second kappa shape index (κ2) is 7.77. The number of thioether (sulfide) groups is 1. The highest BCUT2D eigenvalue weighted by Gasteiger charge is 2.31. The molecular formula is C16H26N6OS. The molecule has 7 nitrogen and oxygen atoms in total. The van der Waals surface area contributed by atoms with Crippen LogP contribution in [0.15, 0.2) is 11.2 Å². The van der Waals surface area contributed by atoms with E-state index in [9.17, 15) is 4.79 Å². The second-order valence-electron chi connectivity index (χ2n) is 6.62. The van der Waals surface area contributed by atoms with Gasteiger partial charge in [-0.25, -0.2) is 9.97 Å². The van der Waals surface area contributed by atoms with Gasteiger partial charge in [-0.2, -0.15) is 0 Å². The Morgan fingerprint density at radius 1 is 1.21 bits per heavy atom. The minimum absolute atomic E-state index is 0.0642. The minimum atomic E-state index is -0.0642. The summed E-state index contributed by atoms with van der Waals surface area (Å²) in [6.45, 7) is 7.96. The number of hydrogen-bond donors (Lipinski definition) is 2. The Kier molecular flexibility index (Phi) is 5.70. The smallest absolute Gasteiger partial charge is 0.223 e. The van der Waals surface area contributed by atoms with Gasteiger partial charge in [-0.3, -0.25) is 15.0 Å². The van der Waals surface area contributed by atoms with Crippen LogP contribution in [0.2, 0.25) is 0 Å². The molecule has 2 saturated heterocycles. The van der Waals surface area contributed by atoms with Gasteiger partial charge in [-0.05, 0) is 27.0 Å². The minimum Gasteiger partial charge on any atom is -0.328 e. The zero-order valence-electron chi connectivity index (χ0n) is 14.6. The highest BCUT2D eigenvalue weighted by Crippen LogP contribution is 2.18. The van der Waals surface area contributed by atoms with Gasteiger partial charge >= 0.3 is 0 Å². The van der Waals surface area contributed by atoms with E-state index in [1.807, 2.05) is 19.9 Å². The van der Waals surface area contributed by atoms with Gasteiger partial charge in [0, 0.05) is 55.8 Å². The first-order valence-corrected chi connectivity index (χ1v) is 9.41. The van der Waals surface area contributed by atoms with E-state index in [1.54, 1.807) is 11.8 Å². The molecule has 3 heterocycles. The maximum Gasteiger partial charge on any atom is 0.223 e. The molecule has 0 bridgehead atoms. The molecule has 2 aliphatic rings. The molecule has 3 rings (SSSR count). The number of aromatic nitrogens is 2. The standard InChI is InChI=1S/C16H26N6OS/c1-11-8-12(2)18-16(17-11)24-10-13-9-14(23)20-15(19-13)22-6-4-21(3)5-7-22/h8,13,15,19H,4-7,9-10H2,1-3H3,(H,20,23). The summed E-state index contributed by atoms with van der Waals surface area (Å²) in [6, 6.07) is 2.11. The molecule has 1 aromatic heterocycles. The molecule has 1 aromatic rings. The van der Waals surface area contributed by atoms with Gasteiger partial charge in [-0.1, -0.05) is 11.8 Å². The number of carbonyl (C=O) groups excluding carboxylic acids is 1. The quantitative estimate of drug-likeness (QED) is 0.593. The summed E-state index contributed by atoms with van der Waals surface area (Å²) in [4.78, 5) is 25.6. The number of amides is 1. The van der Waals surface area contributed by atoms with Gasteiger partial charge < -0.3 is 10.2 Å². The van der Waals surface area contributed by atoms with Crippen molar-refractivity contribution in [3.05, 3.63) is 17.5 Å². The average molecular weight is 350 g/mol. The lowest BCUT2D eigenvalue weighted by molar-refractivity contribution is -0.127. The highest BCUT2D eigenvalue weighted by molar-refractivity contribution is 7.99. The van der Waals surface area contributed by atoms with Crippen LogP contribution >= 0.6 is 11.8 Å². The highest BCUT2D eigenvalue weighted by atomic mass is 32.2. The predicted octanol–water partition coefficient (Wildman–Crippen LogP) is 0.195. The molecule has 2 fully saturated rings. The van der Waals surface area contributed by atoms with E-state index in [4.69, 9.17) is 0 Å². The van der Waals surface area contributed by atoms with Gasteiger partial charge in [0.25, 0.3) is 0 Å². The third kappa shape index (κ3) is 4.66. The van der Waals surface area contributed by atoms with Crippen LogP contribution in [0.5, 0.6) is 0 Å². The summed E-state index contributed by atoms with van der Waals surface area (Å²) in [6.07, 6.45) is 0.438. The number of likely N-dealkylation sites (N-methyl/N-ethyl adjacent to an activating group) is 1. The van der Waals surface area contributed by atoms with Gasteiger partial charge in [0.2, 0.25) is 5.91 Å². The number of nitrogens with zero attached hydrogens (tertiary/aromatic N) is 4. The third-order valence-corrected chi connectivity index (χ3v) is 5.41. The second-order valence-corrected chi connectivity index (χ2v) is 7.61. The molecule has 2 unspecified atom stereocenters. The summed E-state index contributed by atoms with van der Waals surface area (Å²) in [5.74, 6) is 0.908. The first kappa shape index (κ1) is 17.6. The Morgan fingerprint density at radius 2 is 1.88 bits per heavy atom. The van der Waals surface area contributed by atoms with Crippen molar-refractivity contribution in [1.82, 2.24) is 30.4 Å². The van der Waals surface area contributed by atoms with E-state index in [1.165, 1.54) is 0 Å². The van der Waals surface area contributed by atoms with E-state index in [2.05, 4.69) is 37.4 Å².